The quantitative estimate of drug-likeness (QED) is 0.808. The maximum Gasteiger partial charge on any atom is 0.134 e. The zero-order valence-electron chi connectivity index (χ0n) is 12.2. The summed E-state index contributed by atoms with van der Waals surface area (Å²) >= 11 is 0. The van der Waals surface area contributed by atoms with E-state index < -0.39 is 0 Å². The van der Waals surface area contributed by atoms with Gasteiger partial charge in [0.1, 0.15) is 17.4 Å². The first kappa shape index (κ1) is 15.4. The number of methoxy groups -OCH3 is 1. The molecule has 0 aliphatic carbocycles. The second kappa shape index (κ2) is 7.18. The van der Waals surface area contributed by atoms with Crippen LogP contribution in [0.25, 0.3) is 11.1 Å². The summed E-state index contributed by atoms with van der Waals surface area (Å²) in [6.07, 6.45) is 0.981. The molecule has 0 fully saturated rings. The molecule has 0 saturated heterocycles. The van der Waals surface area contributed by atoms with Crippen LogP contribution in [0.5, 0.6) is 5.75 Å². The molecule has 2 aromatic carbocycles. The van der Waals surface area contributed by atoms with Gasteiger partial charge in [0.2, 0.25) is 0 Å². The number of ether oxygens (including phenoxy) is 1. The van der Waals surface area contributed by atoms with E-state index in [4.69, 9.17) is 4.74 Å². The van der Waals surface area contributed by atoms with Crippen LogP contribution >= 0.6 is 0 Å². The largest absolute Gasteiger partial charge is 0.497 e. The average Bonchev–Trinajstić information content (AvgIpc) is 2.49. The minimum atomic E-state index is -0.381. The maximum absolute atomic E-state index is 14.1. The van der Waals surface area contributed by atoms with Gasteiger partial charge in [-0.25, -0.2) is 8.78 Å². The van der Waals surface area contributed by atoms with Crippen molar-refractivity contribution < 1.29 is 13.5 Å². The summed E-state index contributed by atoms with van der Waals surface area (Å²) in [5.74, 6) is -0.201. The zero-order chi connectivity index (χ0) is 15.2. The monoisotopic (exact) mass is 291 g/mol. The minimum Gasteiger partial charge on any atom is -0.497 e. The fourth-order valence-electron chi connectivity index (χ4n) is 2.13. The van der Waals surface area contributed by atoms with Crippen LogP contribution in [0.1, 0.15) is 18.9 Å². The lowest BCUT2D eigenvalue weighted by Crippen LogP contribution is -2.14. The van der Waals surface area contributed by atoms with Gasteiger partial charge in [-0.2, -0.15) is 0 Å². The molecule has 2 aromatic rings. The molecule has 0 heterocycles. The van der Waals surface area contributed by atoms with E-state index in [9.17, 15) is 8.78 Å². The number of hydrogen-bond acceptors (Lipinski definition) is 2. The second-order valence-electron chi connectivity index (χ2n) is 4.83. The zero-order valence-corrected chi connectivity index (χ0v) is 12.2. The van der Waals surface area contributed by atoms with Crippen molar-refractivity contribution in [2.75, 3.05) is 13.7 Å². The number of benzene rings is 2. The van der Waals surface area contributed by atoms with Gasteiger partial charge in [-0.15, -0.1) is 0 Å². The summed E-state index contributed by atoms with van der Waals surface area (Å²) in [6, 6.07) is 9.31. The van der Waals surface area contributed by atoms with Crippen LogP contribution in [0, 0.1) is 11.6 Å². The van der Waals surface area contributed by atoms with Crippen LogP contribution < -0.4 is 10.1 Å². The second-order valence-corrected chi connectivity index (χ2v) is 4.83. The molecular weight excluding hydrogens is 272 g/mol. The molecule has 0 aliphatic heterocycles. The molecule has 2 nitrogen and oxygen atoms in total. The highest BCUT2D eigenvalue weighted by Gasteiger charge is 2.09. The summed E-state index contributed by atoms with van der Waals surface area (Å²) in [4.78, 5) is 0. The first-order valence-electron chi connectivity index (χ1n) is 6.98. The molecule has 0 aromatic heterocycles. The molecule has 21 heavy (non-hydrogen) atoms. The molecule has 0 unspecified atom stereocenters. The standard InChI is InChI=1S/C17H19F2NO/c1-3-8-20-11-13-9-12(4-7-16(13)18)15-6-5-14(21-2)10-17(15)19/h4-7,9-10,20H,3,8,11H2,1-2H3. The molecule has 1 N–H and O–H groups in total. The average molecular weight is 291 g/mol. The first-order valence-corrected chi connectivity index (χ1v) is 6.98. The van der Waals surface area contributed by atoms with Crippen LogP contribution in [0.15, 0.2) is 36.4 Å². The van der Waals surface area contributed by atoms with E-state index in [0.717, 1.165) is 13.0 Å². The first-order chi connectivity index (χ1) is 10.2. The lowest BCUT2D eigenvalue weighted by atomic mass is 10.0. The van der Waals surface area contributed by atoms with Crippen molar-refractivity contribution in [2.45, 2.75) is 19.9 Å². The van der Waals surface area contributed by atoms with Crippen molar-refractivity contribution in [1.82, 2.24) is 5.32 Å². The SMILES string of the molecule is CCCNCc1cc(-c2ccc(OC)cc2F)ccc1F. The lowest BCUT2D eigenvalue weighted by Gasteiger charge is -2.10. The molecule has 112 valence electrons. The Morgan fingerprint density at radius 1 is 1.05 bits per heavy atom. The highest BCUT2D eigenvalue weighted by atomic mass is 19.1. The van der Waals surface area contributed by atoms with E-state index in [-0.39, 0.29) is 11.6 Å². The third-order valence-electron chi connectivity index (χ3n) is 3.28. The van der Waals surface area contributed by atoms with E-state index in [2.05, 4.69) is 5.32 Å². The van der Waals surface area contributed by atoms with Gasteiger partial charge in [0, 0.05) is 23.7 Å². The molecule has 0 spiro atoms. The highest BCUT2D eigenvalue weighted by molar-refractivity contribution is 5.65. The van der Waals surface area contributed by atoms with Gasteiger partial charge in [0.25, 0.3) is 0 Å². The summed E-state index contributed by atoms with van der Waals surface area (Å²) in [6.45, 7) is 3.30. The molecule has 0 atom stereocenters. The van der Waals surface area contributed by atoms with Crippen molar-refractivity contribution in [3.05, 3.63) is 53.6 Å². The summed E-state index contributed by atoms with van der Waals surface area (Å²) in [5, 5.41) is 3.15. The smallest absolute Gasteiger partial charge is 0.134 e. The molecule has 4 heteroatoms. The molecule has 0 amide bonds. The molecular formula is C17H19F2NO. The van der Waals surface area contributed by atoms with E-state index in [1.807, 2.05) is 6.92 Å². The Morgan fingerprint density at radius 2 is 1.86 bits per heavy atom. The van der Waals surface area contributed by atoms with Gasteiger partial charge in [-0.1, -0.05) is 13.0 Å². The summed E-state index contributed by atoms with van der Waals surface area (Å²) < 4.78 is 32.8. The van der Waals surface area contributed by atoms with Crippen molar-refractivity contribution >= 4 is 0 Å². The Balaban J connectivity index is 2.29. The summed E-state index contributed by atoms with van der Waals surface area (Å²) in [5.41, 5.74) is 1.63. The van der Waals surface area contributed by atoms with E-state index in [1.165, 1.54) is 19.2 Å². The van der Waals surface area contributed by atoms with Gasteiger partial charge in [0.15, 0.2) is 0 Å². The molecule has 2 rings (SSSR count). The van der Waals surface area contributed by atoms with Gasteiger partial charge in [0.05, 0.1) is 7.11 Å². The van der Waals surface area contributed by atoms with Crippen molar-refractivity contribution in [3.63, 3.8) is 0 Å². The van der Waals surface area contributed by atoms with Crippen molar-refractivity contribution in [1.29, 1.82) is 0 Å². The fraction of sp³-hybridized carbons (Fsp3) is 0.294. The number of nitrogens with one attached hydrogen (secondary N) is 1. The van der Waals surface area contributed by atoms with E-state index in [1.54, 1.807) is 24.3 Å². The molecule has 0 aliphatic rings. The molecule has 0 radical (unpaired) electrons. The van der Waals surface area contributed by atoms with Crippen LogP contribution in [0.3, 0.4) is 0 Å². The van der Waals surface area contributed by atoms with E-state index in [0.29, 0.717) is 29.0 Å². The maximum atomic E-state index is 14.1. The lowest BCUT2D eigenvalue weighted by molar-refractivity contribution is 0.411. The Morgan fingerprint density at radius 3 is 2.52 bits per heavy atom. The van der Waals surface area contributed by atoms with Crippen LogP contribution in [0.4, 0.5) is 8.78 Å². The van der Waals surface area contributed by atoms with Crippen LogP contribution in [-0.4, -0.2) is 13.7 Å². The number of hydrogen-bond donors (Lipinski definition) is 1. The number of rotatable bonds is 6. The van der Waals surface area contributed by atoms with Crippen LogP contribution in [0.2, 0.25) is 0 Å². The Labute approximate surface area is 123 Å². The predicted octanol–water partition coefficient (Wildman–Crippen LogP) is 4.14. The van der Waals surface area contributed by atoms with Gasteiger partial charge in [-0.05, 0) is 42.8 Å². The summed E-state index contributed by atoms with van der Waals surface area (Å²) in [7, 11) is 1.49. The van der Waals surface area contributed by atoms with Crippen molar-refractivity contribution in [3.8, 4) is 16.9 Å². The van der Waals surface area contributed by atoms with Gasteiger partial charge < -0.3 is 10.1 Å². The fourth-order valence-corrected chi connectivity index (χ4v) is 2.13. The topological polar surface area (TPSA) is 21.3 Å². The highest BCUT2D eigenvalue weighted by Crippen LogP contribution is 2.27. The van der Waals surface area contributed by atoms with Crippen molar-refractivity contribution in [2.24, 2.45) is 0 Å². The Kier molecular flexibility index (Phi) is 5.28. The Hall–Kier alpha value is -1.94. The third kappa shape index (κ3) is 3.79. The Bertz CT molecular complexity index is 614. The normalized spacial score (nSPS) is 10.7. The third-order valence-corrected chi connectivity index (χ3v) is 3.28. The minimum absolute atomic E-state index is 0.281. The van der Waals surface area contributed by atoms with Crippen LogP contribution in [-0.2, 0) is 6.54 Å². The van der Waals surface area contributed by atoms with Gasteiger partial charge in [-0.3, -0.25) is 0 Å². The molecule has 0 saturated carbocycles. The van der Waals surface area contributed by atoms with E-state index >= 15 is 0 Å². The van der Waals surface area contributed by atoms with Gasteiger partial charge >= 0.3 is 0 Å². The number of halogens is 2. The molecule has 0 bridgehead atoms. The predicted molar refractivity (Wildman–Crippen MR) is 80.3 cm³/mol.